The van der Waals surface area contributed by atoms with Crippen LogP contribution >= 0.6 is 0 Å². The molecule has 33 heavy (non-hydrogen) atoms. The molecule has 2 heterocycles. The van der Waals surface area contributed by atoms with E-state index in [2.05, 4.69) is 24.3 Å². The Kier molecular flexibility index (Phi) is 6.09. The van der Waals surface area contributed by atoms with E-state index in [0.29, 0.717) is 12.3 Å². The van der Waals surface area contributed by atoms with Gasteiger partial charge < -0.3 is 9.84 Å². The van der Waals surface area contributed by atoms with Gasteiger partial charge in [-0.1, -0.05) is 30.3 Å². The molecule has 3 atom stereocenters. The van der Waals surface area contributed by atoms with E-state index in [9.17, 15) is 14.3 Å². The van der Waals surface area contributed by atoms with Crippen molar-refractivity contribution >= 4 is 12.0 Å². The molecule has 3 aromatic rings. The van der Waals surface area contributed by atoms with Crippen LogP contribution in [0, 0.1) is 5.82 Å². The minimum absolute atomic E-state index is 0.0361. The molecule has 5 rings (SSSR count). The molecule has 0 saturated carbocycles. The van der Waals surface area contributed by atoms with Crippen LogP contribution in [0.3, 0.4) is 0 Å². The Balaban J connectivity index is 1.53. The Morgan fingerprint density at radius 2 is 1.94 bits per heavy atom. The molecule has 1 aliphatic carbocycles. The molecule has 0 amide bonds. The van der Waals surface area contributed by atoms with Crippen LogP contribution in [0.4, 0.5) is 4.39 Å². The highest BCUT2D eigenvalue weighted by Crippen LogP contribution is 2.37. The summed E-state index contributed by atoms with van der Waals surface area (Å²) in [5.74, 6) is -0.377. The molecule has 1 saturated heterocycles. The second kappa shape index (κ2) is 9.32. The van der Waals surface area contributed by atoms with Crippen LogP contribution in [0.5, 0.6) is 0 Å². The van der Waals surface area contributed by atoms with Gasteiger partial charge in [-0.05, 0) is 67.7 Å². The average Bonchev–Trinajstić information content (AvgIpc) is 3.18. The van der Waals surface area contributed by atoms with E-state index in [4.69, 9.17) is 9.84 Å². The van der Waals surface area contributed by atoms with E-state index in [0.717, 1.165) is 42.8 Å². The second-order valence-electron chi connectivity index (χ2n) is 8.90. The number of hydrogen-bond donors (Lipinski definition) is 1. The molecule has 1 N–H and O–H groups in total. The first-order valence-electron chi connectivity index (χ1n) is 11.5. The number of cyclic esters (lactones) is 1. The van der Waals surface area contributed by atoms with Crippen molar-refractivity contribution < 1.29 is 19.0 Å². The van der Waals surface area contributed by atoms with Crippen LogP contribution < -0.4 is 0 Å². The van der Waals surface area contributed by atoms with E-state index >= 15 is 0 Å². The molecule has 0 spiro atoms. The first kappa shape index (κ1) is 21.6. The van der Waals surface area contributed by atoms with Crippen molar-refractivity contribution in [3.8, 4) is 5.69 Å². The molecule has 1 aromatic heterocycles. The number of carbonyl (C=O) groups excluding carboxylic acids is 1. The standard InChI is InChI=1S/C27H27FN2O3/c28-20-9-11-21(12-10-20)30-25(14-13-23-16-22(31)17-26(32)33-23)24-8-4-7-19(27(24)29-30)15-18-5-2-1-3-6-18/h1-3,5-6,9-14,19,22-23,31H,4,7-8,15-17H2. The molecule has 2 aliphatic rings. The van der Waals surface area contributed by atoms with Gasteiger partial charge in [0.15, 0.2) is 0 Å². The van der Waals surface area contributed by atoms with Crippen LogP contribution in [-0.4, -0.2) is 33.1 Å². The fourth-order valence-electron chi connectivity index (χ4n) is 4.90. The molecule has 1 aliphatic heterocycles. The fraction of sp³-hybridized carbons (Fsp3) is 0.333. The largest absolute Gasteiger partial charge is 0.458 e. The normalized spacial score (nSPS) is 22.8. The quantitative estimate of drug-likeness (QED) is 0.575. The van der Waals surface area contributed by atoms with Gasteiger partial charge in [0, 0.05) is 17.9 Å². The summed E-state index contributed by atoms with van der Waals surface area (Å²) in [7, 11) is 0. The Labute approximate surface area is 192 Å². The van der Waals surface area contributed by atoms with Gasteiger partial charge in [0.2, 0.25) is 0 Å². The van der Waals surface area contributed by atoms with Crippen LogP contribution in [-0.2, 0) is 22.4 Å². The molecule has 0 radical (unpaired) electrons. The topological polar surface area (TPSA) is 64.3 Å². The summed E-state index contributed by atoms with van der Waals surface area (Å²) in [6, 6.07) is 16.8. The third-order valence-corrected chi connectivity index (χ3v) is 6.47. The number of carbonyl (C=O) groups is 1. The van der Waals surface area contributed by atoms with Crippen molar-refractivity contribution in [3.63, 3.8) is 0 Å². The number of hydrogen-bond acceptors (Lipinski definition) is 4. The Hall–Kier alpha value is -3.25. The maximum Gasteiger partial charge on any atom is 0.309 e. The molecule has 6 heteroatoms. The molecule has 0 bridgehead atoms. The molecular weight excluding hydrogens is 419 g/mol. The highest BCUT2D eigenvalue weighted by atomic mass is 19.1. The van der Waals surface area contributed by atoms with E-state index in [1.807, 2.05) is 22.9 Å². The summed E-state index contributed by atoms with van der Waals surface area (Å²) < 4.78 is 20.8. The zero-order chi connectivity index (χ0) is 22.8. The zero-order valence-corrected chi connectivity index (χ0v) is 18.4. The summed E-state index contributed by atoms with van der Waals surface area (Å²) in [5, 5.41) is 15.0. The molecular formula is C27H27FN2O3. The van der Waals surface area contributed by atoms with Crippen molar-refractivity contribution in [3.05, 3.63) is 89.0 Å². The summed E-state index contributed by atoms with van der Waals surface area (Å²) in [6.07, 6.45) is 6.99. The number of ether oxygens (including phenoxy) is 1. The maximum atomic E-state index is 13.6. The zero-order valence-electron chi connectivity index (χ0n) is 18.4. The number of aromatic nitrogens is 2. The summed E-state index contributed by atoms with van der Waals surface area (Å²) in [4.78, 5) is 11.7. The molecule has 1 fully saturated rings. The van der Waals surface area contributed by atoms with Crippen LogP contribution in [0.1, 0.15) is 54.1 Å². The second-order valence-corrected chi connectivity index (χ2v) is 8.90. The lowest BCUT2D eigenvalue weighted by atomic mass is 9.83. The minimum Gasteiger partial charge on any atom is -0.458 e. The number of aliphatic hydroxyl groups is 1. The fourth-order valence-corrected chi connectivity index (χ4v) is 4.90. The molecule has 2 aromatic carbocycles. The van der Waals surface area contributed by atoms with Gasteiger partial charge in [-0.15, -0.1) is 0 Å². The van der Waals surface area contributed by atoms with Gasteiger partial charge in [0.1, 0.15) is 11.9 Å². The van der Waals surface area contributed by atoms with E-state index in [-0.39, 0.29) is 18.2 Å². The lowest BCUT2D eigenvalue weighted by molar-refractivity contribution is -0.156. The minimum atomic E-state index is -0.688. The van der Waals surface area contributed by atoms with Crippen LogP contribution in [0.2, 0.25) is 0 Å². The number of rotatable bonds is 5. The van der Waals surface area contributed by atoms with E-state index in [1.165, 1.54) is 23.3 Å². The summed E-state index contributed by atoms with van der Waals surface area (Å²) in [5.41, 5.74) is 5.25. The Morgan fingerprint density at radius 1 is 1.15 bits per heavy atom. The van der Waals surface area contributed by atoms with Crippen molar-refractivity contribution in [2.45, 2.75) is 56.7 Å². The third-order valence-electron chi connectivity index (χ3n) is 6.47. The summed E-state index contributed by atoms with van der Waals surface area (Å²) >= 11 is 0. The summed E-state index contributed by atoms with van der Waals surface area (Å²) in [6.45, 7) is 0. The van der Waals surface area contributed by atoms with Gasteiger partial charge in [0.25, 0.3) is 0 Å². The Bertz CT molecular complexity index is 1150. The number of benzene rings is 2. The number of halogens is 1. The third kappa shape index (κ3) is 4.76. The predicted octanol–water partition coefficient (Wildman–Crippen LogP) is 4.75. The van der Waals surface area contributed by atoms with Crippen molar-refractivity contribution in [1.82, 2.24) is 9.78 Å². The molecule has 3 unspecified atom stereocenters. The van der Waals surface area contributed by atoms with Gasteiger partial charge >= 0.3 is 5.97 Å². The van der Waals surface area contributed by atoms with Gasteiger partial charge in [-0.3, -0.25) is 4.79 Å². The van der Waals surface area contributed by atoms with E-state index < -0.39 is 12.2 Å². The monoisotopic (exact) mass is 446 g/mol. The van der Waals surface area contributed by atoms with Gasteiger partial charge in [-0.2, -0.15) is 5.10 Å². The maximum absolute atomic E-state index is 13.6. The number of esters is 1. The van der Waals surface area contributed by atoms with Crippen molar-refractivity contribution in [2.24, 2.45) is 0 Å². The average molecular weight is 447 g/mol. The van der Waals surface area contributed by atoms with E-state index in [1.54, 1.807) is 12.1 Å². The smallest absolute Gasteiger partial charge is 0.309 e. The highest BCUT2D eigenvalue weighted by molar-refractivity contribution is 5.71. The molecule has 170 valence electrons. The lowest BCUT2D eigenvalue weighted by Gasteiger charge is -2.23. The SMILES string of the molecule is O=C1CC(O)CC(C=Cc2c3c(nn2-c2ccc(F)cc2)C(Cc2ccccc2)CCC3)O1. The van der Waals surface area contributed by atoms with Crippen molar-refractivity contribution in [2.75, 3.05) is 0 Å². The van der Waals surface area contributed by atoms with Crippen LogP contribution in [0.25, 0.3) is 11.8 Å². The first-order valence-corrected chi connectivity index (χ1v) is 11.5. The predicted molar refractivity (Wildman–Crippen MR) is 124 cm³/mol. The van der Waals surface area contributed by atoms with Gasteiger partial charge in [0.05, 0.1) is 29.6 Å². The first-order chi connectivity index (χ1) is 16.1. The number of fused-ring (bicyclic) bond motifs is 1. The Morgan fingerprint density at radius 3 is 2.70 bits per heavy atom. The lowest BCUT2D eigenvalue weighted by Crippen LogP contribution is -2.31. The van der Waals surface area contributed by atoms with Crippen LogP contribution in [0.15, 0.2) is 60.7 Å². The van der Waals surface area contributed by atoms with Gasteiger partial charge in [-0.25, -0.2) is 9.07 Å². The van der Waals surface area contributed by atoms with Crippen molar-refractivity contribution in [1.29, 1.82) is 0 Å². The number of aliphatic hydroxyl groups excluding tert-OH is 1. The highest BCUT2D eigenvalue weighted by Gasteiger charge is 2.29. The molecule has 5 nitrogen and oxygen atoms in total. The number of nitrogens with zero attached hydrogens (tertiary/aromatic N) is 2.